The Hall–Kier alpha value is -4.84. The van der Waals surface area contributed by atoms with Crippen LogP contribution in [0.15, 0.2) is 54.9 Å². The molecule has 1 N–H and O–H groups in total. The van der Waals surface area contributed by atoms with E-state index in [1.807, 2.05) is 72.3 Å². The third-order valence-electron chi connectivity index (χ3n) is 8.43. The number of aryl methyl sites for hydroxylation is 2. The number of H-pyrrole nitrogens is 1. The zero-order valence-electron chi connectivity index (χ0n) is 27.2. The van der Waals surface area contributed by atoms with E-state index in [2.05, 4.69) is 19.5 Å². The van der Waals surface area contributed by atoms with E-state index >= 15 is 0 Å². The fourth-order valence-electron chi connectivity index (χ4n) is 6.04. The fraction of sp³-hybridized carbons (Fsp3) is 0.371. The number of fused-ring (bicyclic) bond motifs is 5. The van der Waals surface area contributed by atoms with Crippen molar-refractivity contribution in [3.8, 4) is 28.6 Å². The normalized spacial score (nSPS) is 14.7. The number of hydrogen-bond acceptors (Lipinski definition) is 8. The fourth-order valence-corrected chi connectivity index (χ4v) is 6.93. The Morgan fingerprint density at radius 3 is 2.40 bits per heavy atom. The molecule has 0 saturated carbocycles. The maximum atomic E-state index is 14.0. The summed E-state index contributed by atoms with van der Waals surface area (Å²) in [4.78, 5) is 44.6. The standard InChI is InChI=1S/C35H40N6O5S/c1-23-32(47-24(2)37-23)35(43)40-14-5-6-15-41(34(42)28-22-26-27(38-28)9-7-10-29(26)44-3)19-18-39-17-13-36-33(39)25-11-12-30(45-4)31(21-25)46-20-8-16-40/h7,9-13,17,21-22,38H,5-6,8,14-16,18-20H2,1-4H3. The van der Waals surface area contributed by atoms with Crippen molar-refractivity contribution in [3.05, 3.63) is 76.1 Å². The molecule has 3 aromatic heterocycles. The highest BCUT2D eigenvalue weighted by Crippen LogP contribution is 2.33. The Bertz CT molecular complexity index is 1880. The predicted octanol–water partition coefficient (Wildman–Crippen LogP) is 5.97. The Labute approximate surface area is 278 Å². The SMILES string of the molecule is COc1ccc2cc1OCCCN(C(=O)c1sc(C)nc1C)CCCCN(C(=O)c1cc3c(OC)cccc3[nH]1)CCn1ccnc1-2. The third kappa shape index (κ3) is 6.97. The van der Waals surface area contributed by atoms with Crippen molar-refractivity contribution >= 4 is 34.1 Å². The summed E-state index contributed by atoms with van der Waals surface area (Å²) in [5.41, 5.74) is 2.98. The van der Waals surface area contributed by atoms with Crippen LogP contribution in [0.25, 0.3) is 22.3 Å². The van der Waals surface area contributed by atoms with Crippen LogP contribution in [0.5, 0.6) is 17.2 Å². The largest absolute Gasteiger partial charge is 0.496 e. The third-order valence-corrected chi connectivity index (χ3v) is 9.49. The van der Waals surface area contributed by atoms with Crippen molar-refractivity contribution in [1.82, 2.24) is 29.3 Å². The number of carbonyl (C=O) groups excluding carboxylic acids is 2. The van der Waals surface area contributed by atoms with E-state index in [0.717, 1.165) is 45.8 Å². The number of hydrogen-bond donors (Lipinski definition) is 1. The molecule has 6 rings (SSSR count). The van der Waals surface area contributed by atoms with Gasteiger partial charge in [-0.2, -0.15) is 0 Å². The molecule has 0 spiro atoms. The maximum Gasteiger partial charge on any atom is 0.270 e. The van der Waals surface area contributed by atoms with Gasteiger partial charge in [0.2, 0.25) is 0 Å². The summed E-state index contributed by atoms with van der Waals surface area (Å²) >= 11 is 1.43. The molecule has 0 radical (unpaired) electrons. The Morgan fingerprint density at radius 2 is 1.66 bits per heavy atom. The van der Waals surface area contributed by atoms with Gasteiger partial charge in [-0.15, -0.1) is 11.3 Å². The minimum absolute atomic E-state index is 0.0176. The zero-order valence-corrected chi connectivity index (χ0v) is 28.1. The van der Waals surface area contributed by atoms with Gasteiger partial charge in [-0.25, -0.2) is 9.97 Å². The molecular weight excluding hydrogens is 616 g/mol. The molecule has 2 amide bonds. The molecule has 2 aromatic carbocycles. The quantitative estimate of drug-likeness (QED) is 0.254. The molecule has 246 valence electrons. The summed E-state index contributed by atoms with van der Waals surface area (Å²) in [6, 6.07) is 13.4. The number of ether oxygens (including phenoxy) is 3. The van der Waals surface area contributed by atoms with Gasteiger partial charge < -0.3 is 33.6 Å². The number of nitrogens with one attached hydrogen (secondary N) is 1. The number of nitrogens with zero attached hydrogens (tertiary/aromatic N) is 5. The van der Waals surface area contributed by atoms with Crippen molar-refractivity contribution in [1.29, 1.82) is 0 Å². The number of thiazole rings is 1. The molecule has 0 aliphatic carbocycles. The molecule has 12 heteroatoms. The first kappa shape index (κ1) is 32.1. The van der Waals surface area contributed by atoms with Crippen LogP contribution in [0.1, 0.15) is 50.1 Å². The minimum Gasteiger partial charge on any atom is -0.496 e. The van der Waals surface area contributed by atoms with Gasteiger partial charge in [-0.1, -0.05) is 6.07 Å². The lowest BCUT2D eigenvalue weighted by Crippen LogP contribution is -2.36. The molecule has 4 heterocycles. The molecule has 1 aliphatic rings. The van der Waals surface area contributed by atoms with Crippen LogP contribution in [0.4, 0.5) is 0 Å². The highest BCUT2D eigenvalue weighted by molar-refractivity contribution is 7.13. The molecule has 0 atom stereocenters. The van der Waals surface area contributed by atoms with Crippen LogP contribution in [-0.4, -0.2) is 88.1 Å². The summed E-state index contributed by atoms with van der Waals surface area (Å²) in [6.07, 6.45) is 5.80. The molecule has 47 heavy (non-hydrogen) atoms. The van der Waals surface area contributed by atoms with Gasteiger partial charge in [0.25, 0.3) is 11.8 Å². The van der Waals surface area contributed by atoms with E-state index in [4.69, 9.17) is 14.2 Å². The molecule has 1 aliphatic heterocycles. The van der Waals surface area contributed by atoms with Crippen molar-refractivity contribution in [2.75, 3.05) is 47.0 Å². The second-order valence-corrected chi connectivity index (χ2v) is 12.8. The number of methoxy groups -OCH3 is 2. The van der Waals surface area contributed by atoms with Crippen LogP contribution in [0.2, 0.25) is 0 Å². The second-order valence-electron chi connectivity index (χ2n) is 11.6. The van der Waals surface area contributed by atoms with E-state index < -0.39 is 0 Å². The Morgan fingerprint density at radius 1 is 0.894 bits per heavy atom. The topological polar surface area (TPSA) is 115 Å². The van der Waals surface area contributed by atoms with E-state index in [-0.39, 0.29) is 11.8 Å². The molecule has 0 saturated heterocycles. The van der Waals surface area contributed by atoms with E-state index in [9.17, 15) is 9.59 Å². The van der Waals surface area contributed by atoms with Gasteiger partial charge in [0.05, 0.1) is 31.5 Å². The molecule has 0 fully saturated rings. The van der Waals surface area contributed by atoms with Gasteiger partial charge in [0.1, 0.15) is 22.1 Å². The second kappa shape index (κ2) is 14.3. The number of amides is 2. The summed E-state index contributed by atoms with van der Waals surface area (Å²) in [7, 11) is 3.25. The number of aromatic amines is 1. The number of aromatic nitrogens is 4. The van der Waals surface area contributed by atoms with Crippen molar-refractivity contribution < 1.29 is 23.8 Å². The summed E-state index contributed by atoms with van der Waals surface area (Å²) in [5, 5.41) is 1.73. The average molecular weight is 657 g/mol. The van der Waals surface area contributed by atoms with Gasteiger partial charge >= 0.3 is 0 Å². The first-order valence-electron chi connectivity index (χ1n) is 15.9. The van der Waals surface area contributed by atoms with E-state index in [0.29, 0.717) is 73.6 Å². The monoisotopic (exact) mass is 656 g/mol. The summed E-state index contributed by atoms with van der Waals surface area (Å²) in [6.45, 7) is 6.85. The van der Waals surface area contributed by atoms with Crippen LogP contribution in [0, 0.1) is 13.8 Å². The highest BCUT2D eigenvalue weighted by Gasteiger charge is 2.23. The molecule has 2 bridgehead atoms. The van der Waals surface area contributed by atoms with Crippen LogP contribution in [-0.2, 0) is 6.54 Å². The Kier molecular flexibility index (Phi) is 9.76. The number of rotatable bonds is 4. The van der Waals surface area contributed by atoms with Crippen molar-refractivity contribution in [3.63, 3.8) is 0 Å². The van der Waals surface area contributed by atoms with Crippen LogP contribution >= 0.6 is 11.3 Å². The molecule has 11 nitrogen and oxygen atoms in total. The van der Waals surface area contributed by atoms with Crippen LogP contribution in [0.3, 0.4) is 0 Å². The van der Waals surface area contributed by atoms with Crippen molar-refractivity contribution in [2.24, 2.45) is 0 Å². The molecule has 0 unspecified atom stereocenters. The van der Waals surface area contributed by atoms with E-state index in [1.54, 1.807) is 20.4 Å². The number of carbonyl (C=O) groups is 2. The lowest BCUT2D eigenvalue weighted by Gasteiger charge is -2.25. The van der Waals surface area contributed by atoms with Gasteiger partial charge in [-0.05, 0) is 69.5 Å². The predicted molar refractivity (Wildman–Crippen MR) is 182 cm³/mol. The van der Waals surface area contributed by atoms with Crippen LogP contribution < -0.4 is 14.2 Å². The zero-order chi connectivity index (χ0) is 32.9. The van der Waals surface area contributed by atoms with Gasteiger partial charge in [0, 0.05) is 61.6 Å². The highest BCUT2D eigenvalue weighted by atomic mass is 32.1. The molecule has 5 aromatic rings. The van der Waals surface area contributed by atoms with E-state index in [1.165, 1.54) is 11.3 Å². The number of imidazole rings is 1. The molecular formula is C35H40N6O5S. The minimum atomic E-state index is -0.0911. The summed E-state index contributed by atoms with van der Waals surface area (Å²) < 4.78 is 19.4. The lowest BCUT2D eigenvalue weighted by atomic mass is 10.2. The average Bonchev–Trinajstić information content (AvgIpc) is 3.82. The van der Waals surface area contributed by atoms with Crippen molar-refractivity contribution in [2.45, 2.75) is 39.7 Å². The summed E-state index contributed by atoms with van der Waals surface area (Å²) in [5.74, 6) is 2.62. The maximum absolute atomic E-state index is 14.0. The van der Waals surface area contributed by atoms with Gasteiger partial charge in [-0.3, -0.25) is 9.59 Å². The smallest absolute Gasteiger partial charge is 0.270 e. The number of benzene rings is 2. The first-order valence-corrected chi connectivity index (χ1v) is 16.7. The Balaban J connectivity index is 1.30. The first-order chi connectivity index (χ1) is 22.9. The lowest BCUT2D eigenvalue weighted by molar-refractivity contribution is 0.0713. The van der Waals surface area contributed by atoms with Gasteiger partial charge in [0.15, 0.2) is 11.5 Å².